The number of fused-ring (bicyclic) bond motifs is 11. The molecule has 0 atom stereocenters. The van der Waals surface area contributed by atoms with Gasteiger partial charge in [0.2, 0.25) is 0 Å². The third-order valence-corrected chi connectivity index (χ3v) is 16.3. The summed E-state index contributed by atoms with van der Waals surface area (Å²) in [4.78, 5) is 5.12. The van der Waals surface area contributed by atoms with Crippen molar-refractivity contribution in [1.29, 1.82) is 0 Å². The van der Waals surface area contributed by atoms with Crippen molar-refractivity contribution in [3.63, 3.8) is 0 Å². The fraction of sp³-hybridized carbons (Fsp3) is 0. The molecule has 12 aromatic carbocycles. The van der Waals surface area contributed by atoms with Gasteiger partial charge in [-0.3, -0.25) is 0 Å². The standard InChI is InChI=1S/C72H47BN4/c1-4-19-48(20-5-1)51-37-39-54(40-38-51)74-67-35-18-36-68-71(67)73(61-42-41-57(47-69(61)74)75-63-32-13-10-29-58(63)59-30-11-14-33-64(59)75)62-43-44-66-70(72(62)77(68)56-28-17-26-53(46-56)50-23-8-3-9-24-50)60-31-12-15-34-65(60)76(66)55-27-16-25-52(45-55)49-21-6-2-7-22-49/h1-47H. The van der Waals surface area contributed by atoms with Gasteiger partial charge in [-0.05, 0) is 135 Å². The fourth-order valence-corrected chi connectivity index (χ4v) is 13.0. The predicted molar refractivity (Wildman–Crippen MR) is 325 cm³/mol. The number of hydrogen-bond acceptors (Lipinski definition) is 2. The average Bonchev–Trinajstić information content (AvgIpc) is 4.05. The van der Waals surface area contributed by atoms with Crippen LogP contribution in [0.2, 0.25) is 0 Å². The second-order valence-corrected chi connectivity index (χ2v) is 20.4. The quantitative estimate of drug-likeness (QED) is 0.148. The largest absolute Gasteiger partial charge is 0.311 e. The van der Waals surface area contributed by atoms with E-state index < -0.39 is 0 Å². The van der Waals surface area contributed by atoms with Crippen LogP contribution in [-0.2, 0) is 0 Å². The topological polar surface area (TPSA) is 16.3 Å². The van der Waals surface area contributed by atoms with Crippen molar-refractivity contribution in [2.45, 2.75) is 0 Å². The molecule has 16 rings (SSSR count). The Bertz CT molecular complexity index is 4580. The van der Waals surface area contributed by atoms with Gasteiger partial charge in [-0.15, -0.1) is 0 Å². The smallest absolute Gasteiger partial charge is 0.252 e. The van der Waals surface area contributed by atoms with E-state index in [1.165, 1.54) is 105 Å². The van der Waals surface area contributed by atoms with Gasteiger partial charge >= 0.3 is 0 Å². The second kappa shape index (κ2) is 17.2. The molecule has 0 saturated carbocycles. The Hall–Kier alpha value is -10.1. The van der Waals surface area contributed by atoms with Crippen LogP contribution in [0.15, 0.2) is 285 Å². The highest BCUT2D eigenvalue weighted by molar-refractivity contribution is 7.00. The summed E-state index contributed by atoms with van der Waals surface area (Å²) in [6, 6.07) is 105. The first-order valence-corrected chi connectivity index (χ1v) is 26.6. The van der Waals surface area contributed by atoms with Crippen molar-refractivity contribution in [3.8, 4) is 44.8 Å². The minimum atomic E-state index is -0.0975. The molecule has 0 amide bonds. The number of hydrogen-bond donors (Lipinski definition) is 0. The van der Waals surface area contributed by atoms with Crippen LogP contribution in [0.4, 0.5) is 34.1 Å². The van der Waals surface area contributed by atoms with Crippen LogP contribution in [-0.4, -0.2) is 15.8 Å². The van der Waals surface area contributed by atoms with Gasteiger partial charge in [0.15, 0.2) is 0 Å². The van der Waals surface area contributed by atoms with E-state index in [4.69, 9.17) is 0 Å². The summed E-state index contributed by atoms with van der Waals surface area (Å²) in [7, 11) is 0. The number of rotatable bonds is 7. The van der Waals surface area contributed by atoms with Crippen molar-refractivity contribution in [2.24, 2.45) is 0 Å². The number of aromatic nitrogens is 2. The maximum atomic E-state index is 2.59. The minimum Gasteiger partial charge on any atom is -0.311 e. The predicted octanol–water partition coefficient (Wildman–Crippen LogP) is 17.0. The van der Waals surface area contributed by atoms with Crippen LogP contribution in [0, 0.1) is 0 Å². The minimum absolute atomic E-state index is 0.0975. The summed E-state index contributed by atoms with van der Waals surface area (Å²) < 4.78 is 4.94. The maximum absolute atomic E-state index is 2.59. The Morgan fingerprint density at radius 3 is 1.32 bits per heavy atom. The highest BCUT2D eigenvalue weighted by Gasteiger charge is 2.44. The van der Waals surface area contributed by atoms with E-state index in [9.17, 15) is 0 Å². The van der Waals surface area contributed by atoms with Gasteiger partial charge in [0.25, 0.3) is 6.71 Å². The van der Waals surface area contributed by atoms with E-state index in [2.05, 4.69) is 304 Å². The Morgan fingerprint density at radius 2 is 0.688 bits per heavy atom. The fourth-order valence-electron chi connectivity index (χ4n) is 13.0. The van der Waals surface area contributed by atoms with E-state index in [1.54, 1.807) is 0 Å². The van der Waals surface area contributed by atoms with E-state index in [-0.39, 0.29) is 6.71 Å². The molecule has 2 aromatic heterocycles. The number of para-hydroxylation sites is 3. The van der Waals surface area contributed by atoms with Gasteiger partial charge in [0, 0.05) is 61.4 Å². The lowest BCUT2D eigenvalue weighted by atomic mass is 9.33. The first kappa shape index (κ1) is 43.3. The van der Waals surface area contributed by atoms with Gasteiger partial charge in [-0.1, -0.05) is 200 Å². The molecule has 14 aromatic rings. The van der Waals surface area contributed by atoms with Crippen molar-refractivity contribution >= 4 is 101 Å². The zero-order valence-electron chi connectivity index (χ0n) is 42.0. The summed E-state index contributed by atoms with van der Waals surface area (Å²) >= 11 is 0. The molecule has 0 radical (unpaired) electrons. The molecule has 0 aliphatic carbocycles. The number of benzene rings is 12. The molecule has 4 nitrogen and oxygen atoms in total. The molecule has 4 heterocycles. The Morgan fingerprint density at radius 1 is 0.247 bits per heavy atom. The maximum Gasteiger partial charge on any atom is 0.252 e. The Kier molecular flexibility index (Phi) is 9.70. The molecule has 0 spiro atoms. The highest BCUT2D eigenvalue weighted by Crippen LogP contribution is 2.49. The molecule has 358 valence electrons. The molecule has 0 bridgehead atoms. The summed E-state index contributed by atoms with van der Waals surface area (Å²) in [5, 5.41) is 4.94. The molecule has 0 saturated heterocycles. The van der Waals surface area contributed by atoms with Crippen molar-refractivity contribution in [2.75, 3.05) is 9.80 Å². The van der Waals surface area contributed by atoms with Crippen molar-refractivity contribution in [1.82, 2.24) is 9.13 Å². The first-order chi connectivity index (χ1) is 38.2. The molecule has 0 fully saturated rings. The van der Waals surface area contributed by atoms with Gasteiger partial charge in [-0.25, -0.2) is 0 Å². The Labute approximate surface area is 447 Å². The van der Waals surface area contributed by atoms with E-state index in [1.807, 2.05) is 0 Å². The van der Waals surface area contributed by atoms with Crippen LogP contribution in [0.5, 0.6) is 0 Å². The third kappa shape index (κ3) is 6.67. The van der Waals surface area contributed by atoms with Gasteiger partial charge in [-0.2, -0.15) is 0 Å². The number of anilines is 6. The summed E-state index contributed by atoms with van der Waals surface area (Å²) in [6.45, 7) is -0.0975. The molecular formula is C72H47BN4. The normalized spacial score (nSPS) is 12.6. The van der Waals surface area contributed by atoms with Gasteiger partial charge in [0.05, 0.1) is 27.8 Å². The van der Waals surface area contributed by atoms with E-state index >= 15 is 0 Å². The number of nitrogens with zero attached hydrogens (tertiary/aromatic N) is 4. The van der Waals surface area contributed by atoms with Crippen molar-refractivity contribution in [3.05, 3.63) is 285 Å². The lowest BCUT2D eigenvalue weighted by Gasteiger charge is -2.44. The zero-order chi connectivity index (χ0) is 50.6. The molecule has 0 N–H and O–H groups in total. The van der Waals surface area contributed by atoms with Crippen LogP contribution in [0.25, 0.3) is 88.4 Å². The monoisotopic (exact) mass is 978 g/mol. The molecule has 77 heavy (non-hydrogen) atoms. The molecule has 0 unspecified atom stereocenters. The third-order valence-electron chi connectivity index (χ3n) is 16.3. The highest BCUT2D eigenvalue weighted by atomic mass is 15.2. The SMILES string of the molecule is c1ccc(-c2ccc(N3c4cc(-n5c6ccccc6c6ccccc65)ccc4B4c5ccc6c(c5N(c5cccc(-c7ccccc7)c5)c5cccc3c54)c3ccccc3n6-c3cccc(-c4ccccc4)c3)cc2)cc1. The molecule has 5 heteroatoms. The Balaban J connectivity index is 0.989. The second-order valence-electron chi connectivity index (χ2n) is 20.4. The molecule has 2 aliphatic heterocycles. The van der Waals surface area contributed by atoms with E-state index in [0.29, 0.717) is 0 Å². The van der Waals surface area contributed by atoms with Crippen LogP contribution < -0.4 is 26.2 Å². The van der Waals surface area contributed by atoms with Gasteiger partial charge in [0.1, 0.15) is 0 Å². The van der Waals surface area contributed by atoms with E-state index in [0.717, 1.165) is 34.0 Å². The molecule has 2 aliphatic rings. The summed E-state index contributed by atoms with van der Waals surface area (Å²) in [5.74, 6) is 0. The molecular weight excluding hydrogens is 932 g/mol. The van der Waals surface area contributed by atoms with Crippen LogP contribution in [0.1, 0.15) is 0 Å². The lowest BCUT2D eigenvalue weighted by molar-refractivity contribution is 1.17. The van der Waals surface area contributed by atoms with Gasteiger partial charge < -0.3 is 18.9 Å². The van der Waals surface area contributed by atoms with Crippen LogP contribution >= 0.6 is 0 Å². The zero-order valence-corrected chi connectivity index (χ0v) is 42.0. The lowest BCUT2D eigenvalue weighted by Crippen LogP contribution is -2.61. The summed E-state index contributed by atoms with van der Waals surface area (Å²) in [5.41, 5.74) is 24.8. The summed E-state index contributed by atoms with van der Waals surface area (Å²) in [6.07, 6.45) is 0. The first-order valence-electron chi connectivity index (χ1n) is 26.6. The van der Waals surface area contributed by atoms with Crippen LogP contribution in [0.3, 0.4) is 0 Å². The average molecular weight is 979 g/mol. The van der Waals surface area contributed by atoms with Crippen molar-refractivity contribution < 1.29 is 0 Å².